The van der Waals surface area contributed by atoms with Gasteiger partial charge in [-0.3, -0.25) is 4.79 Å². The van der Waals surface area contributed by atoms with Crippen molar-refractivity contribution >= 4 is 34.8 Å². The largest absolute Gasteiger partial charge is 0.394 e. The van der Waals surface area contributed by atoms with E-state index in [0.29, 0.717) is 50.0 Å². The summed E-state index contributed by atoms with van der Waals surface area (Å²) in [7, 11) is 0. The van der Waals surface area contributed by atoms with E-state index >= 15 is 0 Å². The molecule has 3 aliphatic rings. The lowest BCUT2D eigenvalue weighted by atomic mass is 9.99. The number of rotatable bonds is 7. The van der Waals surface area contributed by atoms with Crippen LogP contribution in [0.25, 0.3) is 5.70 Å². The molecule has 12 heteroatoms. The Hall–Kier alpha value is -4.42. The van der Waals surface area contributed by atoms with Gasteiger partial charge in [-0.25, -0.2) is 14.8 Å². The lowest BCUT2D eigenvalue weighted by Gasteiger charge is -2.31. The summed E-state index contributed by atoms with van der Waals surface area (Å²) in [6.45, 7) is 4.69. The van der Waals surface area contributed by atoms with Gasteiger partial charge in [0.2, 0.25) is 0 Å². The van der Waals surface area contributed by atoms with Crippen molar-refractivity contribution in [2.75, 3.05) is 48.4 Å². The van der Waals surface area contributed by atoms with Crippen molar-refractivity contribution in [3.05, 3.63) is 72.1 Å². The van der Waals surface area contributed by atoms with Gasteiger partial charge in [0, 0.05) is 49.3 Å². The zero-order valence-corrected chi connectivity index (χ0v) is 23.7. The number of morpholine rings is 1. The molecule has 1 saturated heterocycles. The minimum atomic E-state index is -0.550. The fraction of sp³-hybridized carbons (Fsp3) is 0.400. The predicted molar refractivity (Wildman–Crippen MR) is 159 cm³/mol. The van der Waals surface area contributed by atoms with Crippen LogP contribution >= 0.6 is 0 Å². The number of ether oxygens (including phenoxy) is 1. The summed E-state index contributed by atoms with van der Waals surface area (Å²) in [6, 6.07) is 9.03. The van der Waals surface area contributed by atoms with Crippen molar-refractivity contribution in [2.45, 2.75) is 44.8 Å². The first kappa shape index (κ1) is 27.7. The predicted octanol–water partition coefficient (Wildman–Crippen LogP) is 3.37. The second-order valence-electron chi connectivity index (χ2n) is 11.0. The van der Waals surface area contributed by atoms with E-state index in [1.807, 2.05) is 42.1 Å². The molecule has 12 nitrogen and oxygen atoms in total. The highest BCUT2D eigenvalue weighted by molar-refractivity contribution is 5.94. The van der Waals surface area contributed by atoms with Gasteiger partial charge in [0.05, 0.1) is 36.6 Å². The normalized spacial score (nSPS) is 17.8. The van der Waals surface area contributed by atoms with Crippen molar-refractivity contribution in [1.82, 2.24) is 24.8 Å². The van der Waals surface area contributed by atoms with E-state index in [4.69, 9.17) is 4.74 Å². The molecule has 4 heterocycles. The maximum atomic E-state index is 12.9. The lowest BCUT2D eigenvalue weighted by molar-refractivity contribution is 0.0302. The van der Waals surface area contributed by atoms with Crippen molar-refractivity contribution in [3.8, 4) is 0 Å². The molecule has 2 fully saturated rings. The van der Waals surface area contributed by atoms with Crippen molar-refractivity contribution in [2.24, 2.45) is 0 Å². The third-order valence-electron chi connectivity index (χ3n) is 8.22. The Labute approximate surface area is 244 Å². The monoisotopic (exact) mass is 572 g/mol. The highest BCUT2D eigenvalue weighted by Crippen LogP contribution is 2.33. The summed E-state index contributed by atoms with van der Waals surface area (Å²) >= 11 is 0. The van der Waals surface area contributed by atoms with E-state index in [0.717, 1.165) is 48.5 Å². The van der Waals surface area contributed by atoms with E-state index < -0.39 is 5.54 Å². The number of benzene rings is 1. The Balaban J connectivity index is 1.19. The highest BCUT2D eigenvalue weighted by atomic mass is 16.5. The third kappa shape index (κ3) is 5.68. The molecular weight excluding hydrogens is 536 g/mol. The van der Waals surface area contributed by atoms with E-state index in [2.05, 4.69) is 30.8 Å². The Morgan fingerprint density at radius 1 is 1.10 bits per heavy atom. The Bertz CT molecular complexity index is 1470. The van der Waals surface area contributed by atoms with Crippen molar-refractivity contribution < 1.29 is 19.4 Å². The molecule has 0 bridgehead atoms. The van der Waals surface area contributed by atoms with Crippen LogP contribution in [0, 0.1) is 6.92 Å². The molecule has 1 saturated carbocycles. The molecule has 42 heavy (non-hydrogen) atoms. The van der Waals surface area contributed by atoms with Crippen LogP contribution in [0.15, 0.2) is 55.1 Å². The fourth-order valence-corrected chi connectivity index (χ4v) is 5.84. The number of aliphatic hydroxyl groups is 1. The van der Waals surface area contributed by atoms with Gasteiger partial charge in [0.25, 0.3) is 5.91 Å². The first-order valence-electron chi connectivity index (χ1n) is 14.3. The van der Waals surface area contributed by atoms with E-state index in [1.165, 1.54) is 0 Å². The number of fused-ring (bicyclic) bond motifs is 1. The van der Waals surface area contributed by atoms with Gasteiger partial charge in [-0.1, -0.05) is 18.9 Å². The van der Waals surface area contributed by atoms with Crippen LogP contribution in [0.5, 0.6) is 0 Å². The van der Waals surface area contributed by atoms with Crippen LogP contribution in [0.2, 0.25) is 0 Å². The van der Waals surface area contributed by atoms with Crippen molar-refractivity contribution in [1.29, 1.82) is 0 Å². The number of anilines is 3. The van der Waals surface area contributed by atoms with Crippen LogP contribution in [0.3, 0.4) is 0 Å². The van der Waals surface area contributed by atoms with Crippen molar-refractivity contribution in [3.63, 3.8) is 0 Å². The molecule has 0 radical (unpaired) electrons. The maximum absolute atomic E-state index is 12.9. The van der Waals surface area contributed by atoms with Gasteiger partial charge in [-0.2, -0.15) is 0 Å². The number of urea groups is 1. The Morgan fingerprint density at radius 3 is 2.64 bits per heavy atom. The molecule has 3 amide bonds. The number of hydrogen-bond donors (Lipinski definition) is 4. The Morgan fingerprint density at radius 2 is 1.90 bits per heavy atom. The van der Waals surface area contributed by atoms with Gasteiger partial charge in [0.1, 0.15) is 12.5 Å². The highest BCUT2D eigenvalue weighted by Gasteiger charge is 2.34. The summed E-state index contributed by atoms with van der Waals surface area (Å²) in [4.78, 5) is 38.6. The van der Waals surface area contributed by atoms with Gasteiger partial charge in [-0.15, -0.1) is 0 Å². The number of aliphatic hydroxyl groups excluding tert-OH is 1. The number of carbonyl (C=O) groups excluding carboxylic acids is 2. The van der Waals surface area contributed by atoms with Crippen LogP contribution in [0.4, 0.5) is 22.0 Å². The average Bonchev–Trinajstić information content (AvgIpc) is 3.69. The first-order valence-corrected chi connectivity index (χ1v) is 14.3. The molecule has 220 valence electrons. The van der Waals surface area contributed by atoms with Crippen LogP contribution in [0.1, 0.15) is 47.4 Å². The van der Waals surface area contributed by atoms with Gasteiger partial charge in [-0.05, 0) is 49.6 Å². The molecule has 1 aliphatic carbocycles. The first-order chi connectivity index (χ1) is 20.4. The molecular formula is C30H36N8O4. The lowest BCUT2D eigenvalue weighted by Crippen LogP contribution is -2.50. The standard InChI is InChI=1S/C30H36N8O4/c1-21-23(34-29(41)35-30(19-39)9-2-3-10-30)5-4-6-25(21)38-18-24(27-31-11-12-37(27)20-38)33-26-8-7-22(17-32-26)28(40)36-13-15-42-16-14-36/h4-8,11-12,17-18,39H,2-3,9-10,13-16,19-20H2,1H3,(H,32,33)(H2,34,35,41). The van der Waals surface area contributed by atoms with E-state index in [-0.39, 0.29) is 18.5 Å². The minimum Gasteiger partial charge on any atom is -0.394 e. The molecule has 6 rings (SSSR count). The second-order valence-corrected chi connectivity index (χ2v) is 11.0. The second kappa shape index (κ2) is 11.8. The third-order valence-corrected chi connectivity index (χ3v) is 8.22. The average molecular weight is 573 g/mol. The number of nitrogens with zero attached hydrogens (tertiary/aromatic N) is 5. The number of carbonyl (C=O) groups is 2. The quantitative estimate of drug-likeness (QED) is 0.338. The molecule has 4 N–H and O–H groups in total. The summed E-state index contributed by atoms with van der Waals surface area (Å²) in [5.74, 6) is 1.30. The van der Waals surface area contributed by atoms with Gasteiger partial charge >= 0.3 is 6.03 Å². The molecule has 0 spiro atoms. The molecule has 1 aromatic carbocycles. The molecule has 2 aromatic heterocycles. The summed E-state index contributed by atoms with van der Waals surface area (Å²) < 4.78 is 7.37. The molecule has 0 unspecified atom stereocenters. The smallest absolute Gasteiger partial charge is 0.319 e. The Kier molecular flexibility index (Phi) is 7.81. The topological polar surface area (TPSA) is 137 Å². The number of nitrogens with one attached hydrogen (secondary N) is 3. The fourth-order valence-electron chi connectivity index (χ4n) is 5.84. The maximum Gasteiger partial charge on any atom is 0.319 e. The number of aromatic nitrogens is 3. The van der Waals surface area contributed by atoms with Crippen LogP contribution < -0.4 is 20.9 Å². The van der Waals surface area contributed by atoms with E-state index in [9.17, 15) is 14.7 Å². The number of amides is 3. The molecule has 2 aliphatic heterocycles. The summed E-state index contributed by atoms with van der Waals surface area (Å²) in [5, 5.41) is 19.2. The summed E-state index contributed by atoms with van der Waals surface area (Å²) in [5.41, 5.74) is 3.24. The van der Waals surface area contributed by atoms with Gasteiger partial charge in [0.15, 0.2) is 5.82 Å². The zero-order valence-electron chi connectivity index (χ0n) is 23.7. The van der Waals surface area contributed by atoms with Crippen LogP contribution in [-0.2, 0) is 11.4 Å². The number of hydrogen-bond acceptors (Lipinski definition) is 8. The number of pyridine rings is 1. The molecule has 3 aromatic rings. The van der Waals surface area contributed by atoms with E-state index in [1.54, 1.807) is 29.4 Å². The zero-order chi connectivity index (χ0) is 29.1. The molecule has 0 atom stereocenters. The van der Waals surface area contributed by atoms with Crippen LogP contribution in [-0.4, -0.2) is 74.9 Å². The van der Waals surface area contributed by atoms with Gasteiger partial charge < -0.3 is 40.2 Å². The SMILES string of the molecule is Cc1c(NC(=O)NC2(CO)CCCC2)cccc1N1C=C(Nc2ccc(C(=O)N3CCOCC3)cn2)c2nccn2C1. The summed E-state index contributed by atoms with van der Waals surface area (Å²) in [6.07, 6.45) is 10.8. The number of imidazole rings is 1. The minimum absolute atomic E-state index is 0.0524.